The molecule has 18 heteroatoms. The highest BCUT2D eigenvalue weighted by atomic mass is 16.5. The van der Waals surface area contributed by atoms with E-state index in [1.807, 2.05) is 48.5 Å². The van der Waals surface area contributed by atoms with Crippen LogP contribution in [-0.2, 0) is 35.4 Å². The van der Waals surface area contributed by atoms with Crippen LogP contribution in [0.4, 0.5) is 23.0 Å². The number of rotatable bonds is 8. The van der Waals surface area contributed by atoms with Crippen LogP contribution in [0, 0.1) is 22.7 Å². The Kier molecular flexibility index (Phi) is 15.8. The molecule has 10 heterocycles. The Balaban J connectivity index is 0.000000162. The molecule has 0 spiro atoms. The topological polar surface area (TPSA) is 202 Å². The molecule has 0 aliphatic carbocycles. The molecule has 76 heavy (non-hydrogen) atoms. The number of nitrogens with zero attached hydrogens (tertiary/aromatic N) is 12. The fraction of sp³-hybridized carbons (Fsp3) is 0.483. The van der Waals surface area contributed by atoms with Crippen molar-refractivity contribution in [2.45, 2.75) is 76.4 Å². The molecule has 396 valence electrons. The predicted octanol–water partition coefficient (Wildman–Crippen LogP) is 3.85. The number of pyridine rings is 4. The summed E-state index contributed by atoms with van der Waals surface area (Å²) in [7, 11) is 0. The van der Waals surface area contributed by atoms with Crippen LogP contribution in [0.2, 0.25) is 0 Å². The maximum absolute atomic E-state index is 10.9. The number of aliphatic hydroxyl groups excluding tert-OH is 2. The largest absolute Gasteiger partial charge is 0.390 e. The van der Waals surface area contributed by atoms with Gasteiger partial charge in [-0.2, -0.15) is 10.5 Å². The van der Waals surface area contributed by atoms with Gasteiger partial charge in [0, 0.05) is 177 Å². The summed E-state index contributed by atoms with van der Waals surface area (Å²) < 4.78 is 12.8. The van der Waals surface area contributed by atoms with Crippen molar-refractivity contribution in [3.63, 3.8) is 0 Å². The number of benzene rings is 2. The van der Waals surface area contributed by atoms with Crippen LogP contribution in [0.25, 0.3) is 21.8 Å². The van der Waals surface area contributed by atoms with Crippen LogP contribution in [0.15, 0.2) is 85.2 Å². The summed E-state index contributed by atoms with van der Waals surface area (Å²) in [5, 5.41) is 49.7. The Labute approximate surface area is 445 Å². The highest BCUT2D eigenvalue weighted by Crippen LogP contribution is 2.33. The van der Waals surface area contributed by atoms with Gasteiger partial charge in [0.15, 0.2) is 0 Å². The molecule has 18 nitrogen and oxygen atoms in total. The molecule has 12 rings (SSSR count). The van der Waals surface area contributed by atoms with Gasteiger partial charge in [0.05, 0.1) is 58.8 Å². The van der Waals surface area contributed by atoms with E-state index in [4.69, 9.17) is 19.4 Å². The first kappa shape index (κ1) is 51.5. The number of aliphatic hydroxyl groups is 2. The number of hydrogen-bond acceptors (Lipinski definition) is 18. The number of anilines is 4. The second-order valence-electron chi connectivity index (χ2n) is 21.4. The van der Waals surface area contributed by atoms with E-state index in [2.05, 4.69) is 100 Å². The third-order valence-electron chi connectivity index (χ3n) is 15.6. The summed E-state index contributed by atoms with van der Waals surface area (Å²) in [5.74, 6) is 1.92. The first-order valence-corrected chi connectivity index (χ1v) is 27.2. The Morgan fingerprint density at radius 3 is 1.46 bits per heavy atom. The van der Waals surface area contributed by atoms with Gasteiger partial charge in [0.2, 0.25) is 0 Å². The van der Waals surface area contributed by atoms with E-state index >= 15 is 0 Å². The maximum atomic E-state index is 10.9. The number of aromatic nitrogens is 4. The summed E-state index contributed by atoms with van der Waals surface area (Å²) in [6.45, 7) is 18.2. The lowest BCUT2D eigenvalue weighted by Gasteiger charge is -2.40. The Morgan fingerprint density at radius 1 is 0.553 bits per heavy atom. The molecule has 0 radical (unpaired) electrons. The lowest BCUT2D eigenvalue weighted by Crippen LogP contribution is -2.51. The number of nitrogens with one attached hydrogen (secondary N) is 2. The molecule has 0 amide bonds. The minimum absolute atomic E-state index is 0.00855. The van der Waals surface area contributed by atoms with E-state index in [9.17, 15) is 20.7 Å². The van der Waals surface area contributed by atoms with E-state index < -0.39 is 12.2 Å². The SMILES string of the molecule is C[C@@H]1CN(c2ccc(C#N)c3ncccc23)C[C@H](CN2CCN(c3ccc4c(n3)CCNC4)C[C@@H](O)C2)O1.C[C@@H]1CN(c2ccc(C#N)c3ncccc23)C[C@H](CN2CCN(c3ccc4c(n3)CCNC4)C[C@H](O)C2)O1. The molecule has 4 aromatic heterocycles. The van der Waals surface area contributed by atoms with E-state index in [1.165, 1.54) is 22.5 Å². The fourth-order valence-corrected chi connectivity index (χ4v) is 12.2. The zero-order valence-corrected chi connectivity index (χ0v) is 43.8. The Morgan fingerprint density at radius 2 is 1.01 bits per heavy atom. The van der Waals surface area contributed by atoms with E-state index in [0.717, 1.165) is 149 Å². The summed E-state index contributed by atoms with van der Waals surface area (Å²) in [6.07, 6.45) is 4.62. The van der Waals surface area contributed by atoms with Gasteiger partial charge in [0.1, 0.15) is 23.8 Å². The first-order valence-electron chi connectivity index (χ1n) is 27.2. The highest BCUT2D eigenvalue weighted by molar-refractivity contribution is 5.96. The molecular formula is C58H70N14O4. The van der Waals surface area contributed by atoms with Crippen molar-refractivity contribution in [2.75, 3.05) is 124 Å². The number of β-amino-alcohol motifs (C(OH)–C–C–N with tert-alkyl or cyclic N) is 2. The van der Waals surface area contributed by atoms with Gasteiger partial charge >= 0.3 is 0 Å². The summed E-state index contributed by atoms with van der Waals surface area (Å²) in [5.41, 5.74) is 9.74. The normalized spacial score (nSPS) is 24.6. The first-order chi connectivity index (χ1) is 37.1. The number of hydrogen-bond donors (Lipinski definition) is 4. The zero-order chi connectivity index (χ0) is 52.1. The smallest absolute Gasteiger partial charge is 0.128 e. The van der Waals surface area contributed by atoms with Crippen molar-refractivity contribution < 1.29 is 19.7 Å². The second-order valence-corrected chi connectivity index (χ2v) is 21.4. The van der Waals surface area contributed by atoms with Gasteiger partial charge in [-0.05, 0) is 85.6 Å². The molecular weight excluding hydrogens is 957 g/mol. The van der Waals surface area contributed by atoms with Crippen LogP contribution in [0.1, 0.15) is 47.5 Å². The van der Waals surface area contributed by atoms with Crippen LogP contribution < -0.4 is 30.2 Å². The van der Waals surface area contributed by atoms with Crippen molar-refractivity contribution in [1.82, 2.24) is 40.4 Å². The third-order valence-corrected chi connectivity index (χ3v) is 15.6. The average Bonchev–Trinajstić information content (AvgIpc) is 3.75. The molecule has 6 aromatic rings. The van der Waals surface area contributed by atoms with Crippen LogP contribution in [0.3, 0.4) is 0 Å². The molecule has 6 atom stereocenters. The number of ether oxygens (including phenoxy) is 2. The second kappa shape index (κ2) is 23.3. The van der Waals surface area contributed by atoms with Crippen LogP contribution in [-0.4, -0.2) is 181 Å². The summed E-state index contributed by atoms with van der Waals surface area (Å²) in [4.78, 5) is 32.7. The highest BCUT2D eigenvalue weighted by Gasteiger charge is 2.33. The summed E-state index contributed by atoms with van der Waals surface area (Å²) >= 11 is 0. The maximum Gasteiger partial charge on any atom is 0.128 e. The quantitative estimate of drug-likeness (QED) is 0.171. The van der Waals surface area contributed by atoms with Crippen LogP contribution >= 0.6 is 0 Å². The van der Waals surface area contributed by atoms with Gasteiger partial charge in [0.25, 0.3) is 0 Å². The molecule has 4 N–H and O–H groups in total. The van der Waals surface area contributed by atoms with E-state index in [-0.39, 0.29) is 24.4 Å². The molecule has 6 aliphatic rings. The van der Waals surface area contributed by atoms with E-state index in [0.29, 0.717) is 37.3 Å². The molecule has 0 unspecified atom stereocenters. The van der Waals surface area contributed by atoms with Crippen molar-refractivity contribution in [2.24, 2.45) is 0 Å². The Bertz CT molecular complexity index is 2890. The van der Waals surface area contributed by atoms with Crippen molar-refractivity contribution >= 4 is 44.8 Å². The van der Waals surface area contributed by atoms with Crippen molar-refractivity contribution in [3.8, 4) is 12.1 Å². The predicted molar refractivity (Wildman–Crippen MR) is 295 cm³/mol. The number of nitriles is 2. The molecule has 4 fully saturated rings. The average molecular weight is 1030 g/mol. The number of fused-ring (bicyclic) bond motifs is 4. The minimum atomic E-state index is -0.456. The zero-order valence-electron chi connectivity index (χ0n) is 43.8. The van der Waals surface area contributed by atoms with Gasteiger partial charge in [-0.25, -0.2) is 9.97 Å². The van der Waals surface area contributed by atoms with E-state index in [1.54, 1.807) is 12.4 Å². The monoisotopic (exact) mass is 1030 g/mol. The third kappa shape index (κ3) is 11.7. The minimum Gasteiger partial charge on any atom is -0.390 e. The standard InChI is InChI=1S/2C29H35N7O2/c2*1-20-15-36(27-6-4-21(13-30)29-25(27)3-2-9-32-29)19-24(38-20)18-34-11-12-35(17-23(37)16-34)28-7-5-22-14-31-10-8-26(22)33-28/h2*2-7,9,20,23-24,31,37H,8,10-12,14-19H2,1H3/t20-,23+,24+;20-,23-,24+/m11/s1. The van der Waals surface area contributed by atoms with Gasteiger partial charge < -0.3 is 49.9 Å². The lowest BCUT2D eigenvalue weighted by molar-refractivity contribution is -0.0352. The van der Waals surface area contributed by atoms with Crippen LogP contribution in [0.5, 0.6) is 0 Å². The van der Waals surface area contributed by atoms with Gasteiger partial charge in [-0.15, -0.1) is 0 Å². The molecule has 2 aromatic carbocycles. The summed E-state index contributed by atoms with van der Waals surface area (Å²) in [6, 6.07) is 28.8. The van der Waals surface area contributed by atoms with Gasteiger partial charge in [-0.1, -0.05) is 12.1 Å². The van der Waals surface area contributed by atoms with Crippen molar-refractivity contribution in [3.05, 3.63) is 119 Å². The number of morpholine rings is 2. The fourth-order valence-electron chi connectivity index (χ4n) is 12.2. The Hall–Kier alpha value is -6.58. The molecule has 4 saturated heterocycles. The molecule has 6 aliphatic heterocycles. The lowest BCUT2D eigenvalue weighted by atomic mass is 10.1. The molecule has 0 saturated carbocycles. The van der Waals surface area contributed by atoms with Crippen molar-refractivity contribution in [1.29, 1.82) is 10.5 Å². The molecule has 0 bridgehead atoms. The van der Waals surface area contributed by atoms with Gasteiger partial charge in [-0.3, -0.25) is 19.8 Å².